The van der Waals surface area contributed by atoms with E-state index in [0.29, 0.717) is 4.90 Å². The Balaban J connectivity index is 0.00000257. The minimum absolute atomic E-state index is 0.221. The highest BCUT2D eigenvalue weighted by molar-refractivity contribution is 7.90. The largest absolute Gasteiger partial charge is 0.744 e. The number of hydrogen-bond donors (Lipinski definition) is 1. The minimum Gasteiger partial charge on any atom is -0.744 e. The summed E-state index contributed by atoms with van der Waals surface area (Å²) in [5, 5.41) is 7.07. The molecule has 1 N–H and O–H groups in total. The number of quaternary nitrogens is 2. The van der Waals surface area contributed by atoms with E-state index in [2.05, 4.69) is 145 Å². The highest BCUT2D eigenvalue weighted by atomic mass is 32.2. The normalized spacial score (nSPS) is 17.3. The van der Waals surface area contributed by atoms with Crippen LogP contribution < -0.4 is 9.47 Å². The van der Waals surface area contributed by atoms with Crippen LogP contribution in [0.4, 0.5) is 11.4 Å². The molecule has 0 radical (unpaired) electrons. The molecule has 2 aromatic carbocycles. The number of hydrogen-bond acceptors (Lipinski definition) is 8. The van der Waals surface area contributed by atoms with E-state index < -0.39 is 30.8 Å². The lowest BCUT2D eigenvalue weighted by Gasteiger charge is -2.29. The maximum absolute atomic E-state index is 12.7. The van der Waals surface area contributed by atoms with Gasteiger partial charge in [-0.3, -0.25) is 5.26 Å². The van der Waals surface area contributed by atoms with Gasteiger partial charge in [0.05, 0.1) is 84.1 Å². The van der Waals surface area contributed by atoms with E-state index in [1.54, 1.807) is 18.2 Å². The van der Waals surface area contributed by atoms with Gasteiger partial charge in [-0.15, -0.1) is 0 Å². The van der Waals surface area contributed by atoms with Gasteiger partial charge in [0.1, 0.15) is 16.7 Å². The van der Waals surface area contributed by atoms with Crippen molar-refractivity contribution in [1.82, 2.24) is 0 Å². The van der Waals surface area contributed by atoms with Gasteiger partial charge in [-0.05, 0) is 80.0 Å². The fraction of sp³-hybridized carbons (Fsp3) is 0.478. The van der Waals surface area contributed by atoms with Crippen LogP contribution >= 0.6 is 0 Å². The number of fused-ring (bicyclic) bond motifs is 2. The number of anilines is 1. The smallest absolute Gasteiger partial charge is 0.209 e. The quantitative estimate of drug-likeness (QED) is 0.0471. The van der Waals surface area contributed by atoms with E-state index in [9.17, 15) is 21.4 Å². The van der Waals surface area contributed by atoms with E-state index in [4.69, 9.17) is 5.26 Å². The molecule has 14 heteroatoms. The number of aryl methyl sites for hydroxylation is 1. The molecule has 2 aliphatic heterocycles. The molecule has 5 rings (SSSR count). The summed E-state index contributed by atoms with van der Waals surface area (Å²) in [6.07, 6.45) is 15.9. The predicted molar refractivity (Wildman–Crippen MR) is 239 cm³/mol. The fourth-order valence-corrected chi connectivity index (χ4v) is 9.17. The van der Waals surface area contributed by atoms with Crippen molar-refractivity contribution in [3.05, 3.63) is 108 Å². The molecule has 0 saturated carbocycles. The van der Waals surface area contributed by atoms with Gasteiger partial charge in [-0.1, -0.05) is 19.9 Å². The molecule has 0 atom stereocenters. The van der Waals surface area contributed by atoms with Gasteiger partial charge >= 0.3 is 0 Å². The zero-order chi connectivity index (χ0) is 45.1. The van der Waals surface area contributed by atoms with E-state index in [0.717, 1.165) is 99.6 Å². The number of benzene rings is 2. The molecule has 0 saturated heterocycles. The first-order valence-corrected chi connectivity index (χ1v) is 23.7. The SMILES string of the molecule is CC[n+]1ccc(C(C=CC2=[N+](CCC[N+](C)(C)C)c3ccc(S(C)(=O)=O)cc3C2(C)C)=CC=C2N(CCC[N+](C)(C)C)c3ccc(S(=O)(=O)[O-])cc3C2(C)C)cc1.COO. The fourth-order valence-electron chi connectivity index (χ4n) is 8.03. The average molecular weight is 867 g/mol. The summed E-state index contributed by atoms with van der Waals surface area (Å²) >= 11 is 0. The maximum atomic E-state index is 12.7. The summed E-state index contributed by atoms with van der Waals surface area (Å²) < 4.78 is 68.0. The number of nitrogens with zero attached hydrogens (tertiary/aromatic N) is 5. The third-order valence-electron chi connectivity index (χ3n) is 11.3. The van der Waals surface area contributed by atoms with Gasteiger partial charge in [-0.2, -0.15) is 4.58 Å². The van der Waals surface area contributed by atoms with Crippen molar-refractivity contribution >= 4 is 42.6 Å². The summed E-state index contributed by atoms with van der Waals surface area (Å²) in [5.74, 6) is 0. The van der Waals surface area contributed by atoms with Crippen LogP contribution in [0.25, 0.3) is 5.57 Å². The summed E-state index contributed by atoms with van der Waals surface area (Å²) in [5.41, 5.74) is 6.77. The van der Waals surface area contributed by atoms with Gasteiger partial charge in [0.25, 0.3) is 0 Å². The Bertz CT molecular complexity index is 2380. The van der Waals surface area contributed by atoms with Crippen molar-refractivity contribution in [3.63, 3.8) is 0 Å². The number of rotatable bonds is 15. The van der Waals surface area contributed by atoms with Crippen LogP contribution in [-0.2, 0) is 42.2 Å². The second-order valence-electron chi connectivity index (χ2n) is 18.9. The molecule has 0 aliphatic carbocycles. The van der Waals surface area contributed by atoms with Gasteiger partial charge in [0.2, 0.25) is 5.69 Å². The van der Waals surface area contributed by atoms with Gasteiger partial charge in [0.15, 0.2) is 34.5 Å². The van der Waals surface area contributed by atoms with Crippen LogP contribution in [0.3, 0.4) is 0 Å². The van der Waals surface area contributed by atoms with Crippen LogP contribution in [0.15, 0.2) is 101 Å². The van der Waals surface area contributed by atoms with Gasteiger partial charge in [-0.25, -0.2) is 26.3 Å². The highest BCUT2D eigenvalue weighted by Gasteiger charge is 2.45. The molecule has 0 amide bonds. The van der Waals surface area contributed by atoms with Crippen LogP contribution in [0.1, 0.15) is 64.2 Å². The Morgan fingerprint density at radius 1 is 0.850 bits per heavy atom. The molecule has 60 heavy (non-hydrogen) atoms. The van der Waals surface area contributed by atoms with E-state index in [-0.39, 0.29) is 4.90 Å². The minimum atomic E-state index is -4.64. The summed E-state index contributed by atoms with van der Waals surface area (Å²) in [6, 6.07) is 14.5. The van der Waals surface area contributed by atoms with Crippen LogP contribution in [0.5, 0.6) is 0 Å². The lowest BCUT2D eigenvalue weighted by atomic mass is 9.81. The Morgan fingerprint density at radius 2 is 1.42 bits per heavy atom. The zero-order valence-corrected chi connectivity index (χ0v) is 39.6. The lowest BCUT2D eigenvalue weighted by Crippen LogP contribution is -2.37. The van der Waals surface area contributed by atoms with Crippen LogP contribution in [0.2, 0.25) is 0 Å². The summed E-state index contributed by atoms with van der Waals surface area (Å²) in [4.78, 5) is 5.62. The number of aromatic nitrogens is 1. The molecular formula is C46H68N5O7S2+3. The molecule has 0 fully saturated rings. The van der Waals surface area contributed by atoms with Crippen molar-refractivity contribution < 1.29 is 49.6 Å². The monoisotopic (exact) mass is 866 g/mol. The molecule has 328 valence electrons. The third kappa shape index (κ3) is 11.7. The first kappa shape index (κ1) is 48.6. The van der Waals surface area contributed by atoms with Gasteiger partial charge in [0, 0.05) is 65.9 Å². The number of pyridine rings is 1. The Hall–Kier alpha value is -4.02. The lowest BCUT2D eigenvalue weighted by molar-refractivity contribution is -0.871. The van der Waals surface area contributed by atoms with E-state index in [1.165, 1.54) is 19.4 Å². The second-order valence-corrected chi connectivity index (χ2v) is 22.3. The van der Waals surface area contributed by atoms with E-state index >= 15 is 0 Å². The summed E-state index contributed by atoms with van der Waals surface area (Å²) in [6.45, 7) is 14.9. The van der Waals surface area contributed by atoms with Gasteiger partial charge < -0.3 is 18.4 Å². The Kier molecular flexibility index (Phi) is 15.0. The van der Waals surface area contributed by atoms with E-state index in [1.807, 2.05) is 12.1 Å². The van der Waals surface area contributed by atoms with Crippen molar-refractivity contribution in [1.29, 1.82) is 0 Å². The van der Waals surface area contributed by atoms with Crippen molar-refractivity contribution in [3.8, 4) is 0 Å². The molecule has 12 nitrogen and oxygen atoms in total. The average Bonchev–Trinajstić information content (AvgIpc) is 3.47. The standard InChI is InChI=1S/C45H64N5O5S2.CH4O2/c1-13-46-28-24-35(25-29-46)34(16-22-42-44(2,3)38-32-36(56(12,51)52)18-20-40(38)47(42)26-14-30-49(6,7)8)17-23-43-45(4,5)39-33-37(57(53,54)55)19-21-41(39)48(43)27-15-31-50(9,10)11;1-3-2/h16-25,28-29,32-33H,13-15,26-27,30-31H2,1-12H3;2H,1H3/q+3;. The number of allylic oxidation sites excluding steroid dienone is 6. The predicted octanol–water partition coefficient (Wildman–Crippen LogP) is 6.30. The van der Waals surface area contributed by atoms with Crippen LogP contribution in [-0.4, -0.2) is 128 Å². The van der Waals surface area contributed by atoms with Crippen LogP contribution in [0, 0.1) is 0 Å². The number of sulfone groups is 1. The maximum Gasteiger partial charge on any atom is 0.209 e. The van der Waals surface area contributed by atoms with Crippen molar-refractivity contribution in [2.45, 2.75) is 74.6 Å². The molecule has 3 heterocycles. The Labute approximate surface area is 359 Å². The first-order valence-electron chi connectivity index (χ1n) is 20.4. The molecular weight excluding hydrogens is 799 g/mol. The Morgan fingerprint density at radius 3 is 1.97 bits per heavy atom. The molecule has 1 aromatic heterocycles. The third-order valence-corrected chi connectivity index (χ3v) is 13.2. The molecule has 3 aromatic rings. The molecule has 0 spiro atoms. The van der Waals surface area contributed by atoms with Crippen molar-refractivity contribution in [2.24, 2.45) is 0 Å². The first-order chi connectivity index (χ1) is 27.7. The zero-order valence-electron chi connectivity index (χ0n) is 38.0. The molecule has 0 unspecified atom stereocenters. The molecule has 0 bridgehead atoms. The summed E-state index contributed by atoms with van der Waals surface area (Å²) in [7, 11) is 6.24. The van der Waals surface area contributed by atoms with Crippen molar-refractivity contribution in [2.75, 3.05) is 86.7 Å². The highest BCUT2D eigenvalue weighted by Crippen LogP contribution is 2.49. The molecule has 2 aliphatic rings. The topological polar surface area (TPSA) is 131 Å². The second kappa shape index (κ2) is 18.5.